The summed E-state index contributed by atoms with van der Waals surface area (Å²) in [7, 11) is 0. The molecule has 0 bridgehead atoms. The topological polar surface area (TPSA) is 53.7 Å². The third-order valence-corrected chi connectivity index (χ3v) is 4.75. The van der Waals surface area contributed by atoms with Crippen molar-refractivity contribution in [3.8, 4) is 0 Å². The maximum absolute atomic E-state index is 11.3. The molecule has 0 unspecified atom stereocenters. The summed E-state index contributed by atoms with van der Waals surface area (Å²) in [6.07, 6.45) is 1.64. The van der Waals surface area contributed by atoms with Gasteiger partial charge in [-0.25, -0.2) is 0 Å². The molecule has 3 rings (SSSR count). The van der Waals surface area contributed by atoms with Gasteiger partial charge >= 0.3 is 5.97 Å². The standard InChI is InChI=1S/C16H18ClNO3/c1-10-11(16(19)20)6-4-8-18(10)9-13-12-5-2-3-7-14(12)21-15(13)17/h2-3,5,7,10-11H,4,6,8-9H2,1H3,(H,19,20)/t10-,11-/m1/s1. The predicted molar refractivity (Wildman–Crippen MR) is 81.5 cm³/mol. The summed E-state index contributed by atoms with van der Waals surface area (Å²) >= 11 is 6.22. The van der Waals surface area contributed by atoms with Crippen molar-refractivity contribution in [3.05, 3.63) is 35.0 Å². The Morgan fingerprint density at radius 3 is 3.00 bits per heavy atom. The Morgan fingerprint density at radius 1 is 1.48 bits per heavy atom. The molecule has 5 heteroatoms. The normalized spacial score (nSPS) is 23.5. The Bertz CT molecular complexity index is 667. The number of piperidine rings is 1. The Morgan fingerprint density at radius 2 is 2.24 bits per heavy atom. The number of benzene rings is 1. The highest BCUT2D eigenvalue weighted by molar-refractivity contribution is 6.30. The maximum Gasteiger partial charge on any atom is 0.308 e. The SMILES string of the molecule is C[C@@H]1[C@H](C(=O)O)CCCN1Cc1c(Cl)oc2ccccc12. The Kier molecular flexibility index (Phi) is 3.91. The zero-order chi connectivity index (χ0) is 15.0. The summed E-state index contributed by atoms with van der Waals surface area (Å²) in [5, 5.41) is 10.7. The number of carbonyl (C=O) groups is 1. The van der Waals surface area contributed by atoms with Gasteiger partial charge in [0.2, 0.25) is 0 Å². The van der Waals surface area contributed by atoms with E-state index in [2.05, 4.69) is 4.90 Å². The van der Waals surface area contributed by atoms with Gasteiger partial charge in [-0.05, 0) is 44.0 Å². The minimum absolute atomic E-state index is 0.000906. The van der Waals surface area contributed by atoms with E-state index in [1.807, 2.05) is 31.2 Å². The quantitative estimate of drug-likeness (QED) is 0.938. The van der Waals surface area contributed by atoms with Crippen molar-refractivity contribution in [1.82, 2.24) is 4.90 Å². The summed E-state index contributed by atoms with van der Waals surface area (Å²) in [5.74, 6) is -1.02. The van der Waals surface area contributed by atoms with E-state index in [0.717, 1.165) is 35.9 Å². The molecule has 4 nitrogen and oxygen atoms in total. The molecule has 1 fully saturated rings. The third kappa shape index (κ3) is 2.65. The fourth-order valence-electron chi connectivity index (χ4n) is 3.19. The van der Waals surface area contributed by atoms with Gasteiger partial charge in [0.15, 0.2) is 5.22 Å². The van der Waals surface area contributed by atoms with Crippen molar-refractivity contribution in [2.75, 3.05) is 6.54 Å². The van der Waals surface area contributed by atoms with Gasteiger partial charge in [0.25, 0.3) is 0 Å². The van der Waals surface area contributed by atoms with E-state index in [9.17, 15) is 9.90 Å². The van der Waals surface area contributed by atoms with Crippen molar-refractivity contribution < 1.29 is 14.3 Å². The number of halogens is 1. The van der Waals surface area contributed by atoms with E-state index in [1.165, 1.54) is 0 Å². The molecule has 112 valence electrons. The first-order chi connectivity index (χ1) is 10.1. The zero-order valence-corrected chi connectivity index (χ0v) is 12.6. The fraction of sp³-hybridized carbons (Fsp3) is 0.438. The van der Waals surface area contributed by atoms with Gasteiger partial charge in [0, 0.05) is 23.5 Å². The first-order valence-electron chi connectivity index (χ1n) is 7.20. The number of nitrogens with zero attached hydrogens (tertiary/aromatic N) is 1. The third-order valence-electron chi connectivity index (χ3n) is 4.45. The number of likely N-dealkylation sites (tertiary alicyclic amines) is 1. The number of hydrogen-bond donors (Lipinski definition) is 1. The highest BCUT2D eigenvalue weighted by Crippen LogP contribution is 2.33. The highest BCUT2D eigenvalue weighted by atomic mass is 35.5. The number of carboxylic acids is 1. The van der Waals surface area contributed by atoms with E-state index >= 15 is 0 Å². The number of furan rings is 1. The molecule has 1 aromatic heterocycles. The second-order valence-electron chi connectivity index (χ2n) is 5.65. The van der Waals surface area contributed by atoms with E-state index in [1.54, 1.807) is 0 Å². The van der Waals surface area contributed by atoms with Crippen LogP contribution in [0.2, 0.25) is 5.22 Å². The van der Waals surface area contributed by atoms with Crippen molar-refractivity contribution in [2.45, 2.75) is 32.4 Å². The highest BCUT2D eigenvalue weighted by Gasteiger charge is 2.33. The van der Waals surface area contributed by atoms with Crippen LogP contribution in [0.4, 0.5) is 0 Å². The number of rotatable bonds is 3. The second-order valence-corrected chi connectivity index (χ2v) is 5.99. The van der Waals surface area contributed by atoms with Crippen LogP contribution in [0.5, 0.6) is 0 Å². The van der Waals surface area contributed by atoms with Crippen LogP contribution in [-0.2, 0) is 11.3 Å². The van der Waals surface area contributed by atoms with E-state index < -0.39 is 5.97 Å². The van der Waals surface area contributed by atoms with Crippen LogP contribution in [0.25, 0.3) is 11.0 Å². The van der Waals surface area contributed by atoms with Gasteiger partial charge in [0.05, 0.1) is 5.92 Å². The minimum Gasteiger partial charge on any atom is -0.481 e. The van der Waals surface area contributed by atoms with Crippen LogP contribution in [0.15, 0.2) is 28.7 Å². The van der Waals surface area contributed by atoms with Crippen LogP contribution in [-0.4, -0.2) is 28.6 Å². The Balaban J connectivity index is 1.88. The van der Waals surface area contributed by atoms with Crippen molar-refractivity contribution in [1.29, 1.82) is 0 Å². The molecule has 0 spiro atoms. The smallest absolute Gasteiger partial charge is 0.308 e. The zero-order valence-electron chi connectivity index (χ0n) is 11.9. The number of aliphatic carboxylic acids is 1. The molecule has 0 aliphatic carbocycles. The molecular weight excluding hydrogens is 290 g/mol. The van der Waals surface area contributed by atoms with Gasteiger partial charge in [-0.3, -0.25) is 9.69 Å². The second kappa shape index (κ2) is 5.70. The molecule has 1 aliphatic heterocycles. The first-order valence-corrected chi connectivity index (χ1v) is 7.58. The van der Waals surface area contributed by atoms with E-state index in [4.69, 9.17) is 16.0 Å². The lowest BCUT2D eigenvalue weighted by Gasteiger charge is -2.37. The summed E-state index contributed by atoms with van der Waals surface area (Å²) in [6.45, 7) is 3.50. The van der Waals surface area contributed by atoms with Crippen LogP contribution < -0.4 is 0 Å². The minimum atomic E-state index is -0.713. The summed E-state index contributed by atoms with van der Waals surface area (Å²) < 4.78 is 5.57. The molecule has 1 aromatic carbocycles. The molecule has 2 aromatic rings. The Hall–Kier alpha value is -1.52. The molecule has 21 heavy (non-hydrogen) atoms. The Labute approximate surface area is 128 Å². The molecule has 0 radical (unpaired) electrons. The monoisotopic (exact) mass is 307 g/mol. The number of fused-ring (bicyclic) bond motifs is 1. The van der Waals surface area contributed by atoms with Crippen molar-refractivity contribution in [3.63, 3.8) is 0 Å². The summed E-state index contributed by atoms with van der Waals surface area (Å²) in [5.41, 5.74) is 1.72. The lowest BCUT2D eigenvalue weighted by molar-refractivity contribution is -0.145. The average Bonchev–Trinajstić information content (AvgIpc) is 2.77. The summed E-state index contributed by atoms with van der Waals surface area (Å²) in [6, 6.07) is 7.75. The van der Waals surface area contributed by atoms with Gasteiger partial charge in [-0.2, -0.15) is 0 Å². The van der Waals surface area contributed by atoms with Gasteiger partial charge in [-0.15, -0.1) is 0 Å². The predicted octanol–water partition coefficient (Wildman–Crippen LogP) is 3.77. The maximum atomic E-state index is 11.3. The lowest BCUT2D eigenvalue weighted by Crippen LogP contribution is -2.45. The number of para-hydroxylation sites is 1. The van der Waals surface area contributed by atoms with Gasteiger partial charge in [0.1, 0.15) is 5.58 Å². The van der Waals surface area contributed by atoms with Crippen LogP contribution in [0.3, 0.4) is 0 Å². The molecule has 1 aliphatic rings. The average molecular weight is 308 g/mol. The summed E-state index contributed by atoms with van der Waals surface area (Å²) in [4.78, 5) is 13.5. The first kappa shape index (κ1) is 14.4. The molecule has 1 saturated heterocycles. The number of hydrogen-bond acceptors (Lipinski definition) is 3. The molecule has 1 N–H and O–H groups in total. The van der Waals surface area contributed by atoms with Gasteiger partial charge < -0.3 is 9.52 Å². The van der Waals surface area contributed by atoms with Gasteiger partial charge in [-0.1, -0.05) is 18.2 Å². The molecule has 0 saturated carbocycles. The molecule has 2 atom stereocenters. The number of carboxylic acid groups (broad SMARTS) is 1. The molecule has 2 heterocycles. The fourth-order valence-corrected chi connectivity index (χ4v) is 3.43. The largest absolute Gasteiger partial charge is 0.481 e. The van der Waals surface area contributed by atoms with Crippen LogP contribution in [0, 0.1) is 5.92 Å². The molecular formula is C16H18ClNO3. The van der Waals surface area contributed by atoms with Crippen LogP contribution in [0.1, 0.15) is 25.3 Å². The van der Waals surface area contributed by atoms with E-state index in [-0.39, 0.29) is 12.0 Å². The van der Waals surface area contributed by atoms with Crippen molar-refractivity contribution in [2.24, 2.45) is 5.92 Å². The van der Waals surface area contributed by atoms with Crippen molar-refractivity contribution >= 4 is 28.5 Å². The molecule has 0 amide bonds. The van der Waals surface area contributed by atoms with Crippen LogP contribution >= 0.6 is 11.6 Å². The lowest BCUT2D eigenvalue weighted by atomic mass is 9.90. The van der Waals surface area contributed by atoms with E-state index in [0.29, 0.717) is 11.8 Å².